The molecule has 0 unspecified atom stereocenters. The number of benzene rings is 1. The molecule has 2 rings (SSSR count). The van der Waals surface area contributed by atoms with Crippen molar-refractivity contribution in [1.29, 1.82) is 0 Å². The SMILES string of the molecule is COc1ccc(Br)c(CN2CC(=O)NC2=O)c1. The van der Waals surface area contributed by atoms with Crippen molar-refractivity contribution in [1.82, 2.24) is 10.2 Å². The molecule has 1 fully saturated rings. The summed E-state index contributed by atoms with van der Waals surface area (Å²) in [6.45, 7) is 0.470. The summed E-state index contributed by atoms with van der Waals surface area (Å²) in [5.41, 5.74) is 0.897. The lowest BCUT2D eigenvalue weighted by atomic mass is 10.2. The van der Waals surface area contributed by atoms with Crippen molar-refractivity contribution in [3.8, 4) is 5.75 Å². The number of halogens is 1. The first-order valence-electron chi connectivity index (χ1n) is 5.01. The van der Waals surface area contributed by atoms with Gasteiger partial charge in [0.1, 0.15) is 12.3 Å². The van der Waals surface area contributed by atoms with Crippen LogP contribution in [-0.2, 0) is 11.3 Å². The molecule has 90 valence electrons. The number of carbonyl (C=O) groups is 2. The summed E-state index contributed by atoms with van der Waals surface area (Å²) < 4.78 is 6.00. The summed E-state index contributed by atoms with van der Waals surface area (Å²) in [6, 6.07) is 5.15. The molecule has 1 N–H and O–H groups in total. The Labute approximate surface area is 107 Å². The highest BCUT2D eigenvalue weighted by Crippen LogP contribution is 2.24. The monoisotopic (exact) mass is 298 g/mol. The van der Waals surface area contributed by atoms with Gasteiger partial charge in [-0.3, -0.25) is 10.1 Å². The van der Waals surface area contributed by atoms with E-state index in [0.717, 1.165) is 10.0 Å². The average molecular weight is 299 g/mol. The molecule has 1 aliphatic heterocycles. The molecule has 0 saturated carbocycles. The highest BCUT2D eigenvalue weighted by molar-refractivity contribution is 9.10. The Balaban J connectivity index is 2.18. The number of imide groups is 1. The third-order valence-corrected chi connectivity index (χ3v) is 3.26. The van der Waals surface area contributed by atoms with Gasteiger partial charge in [0.05, 0.1) is 7.11 Å². The predicted octanol–water partition coefficient (Wildman–Crippen LogP) is 1.51. The average Bonchev–Trinajstić information content (AvgIpc) is 2.60. The molecule has 0 spiro atoms. The maximum atomic E-state index is 11.4. The highest BCUT2D eigenvalue weighted by atomic mass is 79.9. The molecule has 1 saturated heterocycles. The number of hydrogen-bond acceptors (Lipinski definition) is 3. The van der Waals surface area contributed by atoms with Crippen LogP contribution < -0.4 is 10.1 Å². The van der Waals surface area contributed by atoms with Gasteiger partial charge < -0.3 is 9.64 Å². The fourth-order valence-electron chi connectivity index (χ4n) is 1.62. The molecular weight excluding hydrogens is 288 g/mol. The number of amides is 3. The van der Waals surface area contributed by atoms with Crippen molar-refractivity contribution in [2.24, 2.45) is 0 Å². The Kier molecular flexibility index (Phi) is 3.33. The minimum absolute atomic E-state index is 0.0997. The molecule has 5 nitrogen and oxygen atoms in total. The quantitative estimate of drug-likeness (QED) is 0.861. The van der Waals surface area contributed by atoms with Gasteiger partial charge in [-0.1, -0.05) is 15.9 Å². The molecule has 0 bridgehead atoms. The maximum Gasteiger partial charge on any atom is 0.324 e. The minimum atomic E-state index is -0.357. The lowest BCUT2D eigenvalue weighted by Gasteiger charge is -2.15. The molecule has 6 heteroatoms. The van der Waals surface area contributed by atoms with Crippen LogP contribution in [0.25, 0.3) is 0 Å². The van der Waals surface area contributed by atoms with E-state index in [1.54, 1.807) is 7.11 Å². The molecule has 1 heterocycles. The number of hydrogen-bond donors (Lipinski definition) is 1. The molecule has 3 amide bonds. The summed E-state index contributed by atoms with van der Waals surface area (Å²) in [5, 5.41) is 2.24. The van der Waals surface area contributed by atoms with E-state index in [2.05, 4.69) is 21.2 Å². The fourth-order valence-corrected chi connectivity index (χ4v) is 1.99. The van der Waals surface area contributed by atoms with Gasteiger partial charge in [0, 0.05) is 11.0 Å². The Morgan fingerprint density at radius 2 is 2.24 bits per heavy atom. The van der Waals surface area contributed by atoms with Crippen molar-refractivity contribution in [3.63, 3.8) is 0 Å². The van der Waals surface area contributed by atoms with Crippen LogP contribution >= 0.6 is 15.9 Å². The molecular formula is C11H11BrN2O3. The summed E-state index contributed by atoms with van der Waals surface area (Å²) in [4.78, 5) is 23.9. The van der Waals surface area contributed by atoms with Gasteiger partial charge in [-0.2, -0.15) is 0 Å². The van der Waals surface area contributed by atoms with Crippen molar-refractivity contribution < 1.29 is 14.3 Å². The van der Waals surface area contributed by atoms with Crippen LogP contribution in [0.1, 0.15) is 5.56 Å². The molecule has 0 radical (unpaired) electrons. The van der Waals surface area contributed by atoms with Gasteiger partial charge in [0.25, 0.3) is 0 Å². The zero-order valence-corrected chi connectivity index (χ0v) is 10.8. The van der Waals surface area contributed by atoms with Crippen LogP contribution in [0.3, 0.4) is 0 Å². The first-order valence-corrected chi connectivity index (χ1v) is 5.80. The standard InChI is InChI=1S/C11H11BrN2O3/c1-17-8-2-3-9(12)7(4-8)5-14-6-10(15)13-11(14)16/h2-4H,5-6H2,1H3,(H,13,15,16). The molecule has 0 aromatic heterocycles. The number of urea groups is 1. The van der Waals surface area contributed by atoms with Crippen LogP contribution in [0.15, 0.2) is 22.7 Å². The second-order valence-electron chi connectivity index (χ2n) is 3.67. The number of nitrogens with zero attached hydrogens (tertiary/aromatic N) is 1. The first-order chi connectivity index (χ1) is 8.10. The smallest absolute Gasteiger partial charge is 0.324 e. The van der Waals surface area contributed by atoms with Crippen molar-refractivity contribution in [2.75, 3.05) is 13.7 Å². The molecule has 0 aliphatic carbocycles. The Hall–Kier alpha value is -1.56. The zero-order valence-electron chi connectivity index (χ0n) is 9.20. The van der Waals surface area contributed by atoms with Crippen LogP contribution in [0.5, 0.6) is 5.75 Å². The van der Waals surface area contributed by atoms with Crippen molar-refractivity contribution >= 4 is 27.9 Å². The summed E-state index contributed by atoms with van der Waals surface area (Å²) >= 11 is 3.40. The van der Waals surface area contributed by atoms with Crippen molar-refractivity contribution in [2.45, 2.75) is 6.54 Å². The van der Waals surface area contributed by atoms with Gasteiger partial charge in [-0.05, 0) is 23.8 Å². The molecule has 0 atom stereocenters. The van der Waals surface area contributed by atoms with Crippen molar-refractivity contribution in [3.05, 3.63) is 28.2 Å². The number of ether oxygens (including phenoxy) is 1. The third-order valence-electron chi connectivity index (χ3n) is 2.48. The molecule has 1 aromatic rings. The van der Waals surface area contributed by atoms with Crippen LogP contribution in [0.2, 0.25) is 0 Å². The Morgan fingerprint density at radius 1 is 1.47 bits per heavy atom. The number of carbonyl (C=O) groups excluding carboxylic acids is 2. The number of nitrogens with one attached hydrogen (secondary N) is 1. The van der Waals surface area contributed by atoms with Gasteiger partial charge in [-0.15, -0.1) is 0 Å². The van der Waals surface area contributed by atoms with Crippen LogP contribution in [-0.4, -0.2) is 30.5 Å². The fraction of sp³-hybridized carbons (Fsp3) is 0.273. The maximum absolute atomic E-state index is 11.4. The first kappa shape index (κ1) is 11.9. The van der Waals surface area contributed by atoms with E-state index in [1.807, 2.05) is 18.2 Å². The van der Waals surface area contributed by atoms with E-state index in [0.29, 0.717) is 12.3 Å². The predicted molar refractivity (Wildman–Crippen MR) is 64.6 cm³/mol. The second kappa shape index (κ2) is 4.75. The summed E-state index contributed by atoms with van der Waals surface area (Å²) in [6.07, 6.45) is 0. The Bertz CT molecular complexity index is 476. The van der Waals surface area contributed by atoms with E-state index < -0.39 is 0 Å². The minimum Gasteiger partial charge on any atom is -0.497 e. The van der Waals surface area contributed by atoms with Gasteiger partial charge >= 0.3 is 6.03 Å². The van der Waals surface area contributed by atoms with Gasteiger partial charge in [0.15, 0.2) is 0 Å². The van der Waals surface area contributed by atoms with Crippen LogP contribution in [0, 0.1) is 0 Å². The number of rotatable bonds is 3. The lowest BCUT2D eigenvalue weighted by molar-refractivity contribution is -0.118. The topological polar surface area (TPSA) is 58.6 Å². The lowest BCUT2D eigenvalue weighted by Crippen LogP contribution is -2.27. The number of methoxy groups -OCH3 is 1. The van der Waals surface area contributed by atoms with Gasteiger partial charge in [0.2, 0.25) is 5.91 Å². The second-order valence-corrected chi connectivity index (χ2v) is 4.52. The van der Waals surface area contributed by atoms with Crippen LogP contribution in [0.4, 0.5) is 4.79 Å². The summed E-state index contributed by atoms with van der Waals surface area (Å²) in [7, 11) is 1.58. The van der Waals surface area contributed by atoms with E-state index >= 15 is 0 Å². The normalized spacial score (nSPS) is 15.1. The van der Waals surface area contributed by atoms with E-state index in [9.17, 15) is 9.59 Å². The highest BCUT2D eigenvalue weighted by Gasteiger charge is 2.26. The summed E-state index contributed by atoms with van der Waals surface area (Å²) in [5.74, 6) is 0.447. The van der Waals surface area contributed by atoms with E-state index in [4.69, 9.17) is 4.74 Å². The van der Waals surface area contributed by atoms with Gasteiger partial charge in [-0.25, -0.2) is 4.79 Å². The molecule has 1 aliphatic rings. The van der Waals surface area contributed by atoms with E-state index in [1.165, 1.54) is 4.90 Å². The Morgan fingerprint density at radius 3 is 2.82 bits per heavy atom. The third kappa shape index (κ3) is 2.58. The zero-order chi connectivity index (χ0) is 12.4. The largest absolute Gasteiger partial charge is 0.497 e. The molecule has 17 heavy (non-hydrogen) atoms. The molecule has 1 aromatic carbocycles. The van der Waals surface area contributed by atoms with E-state index in [-0.39, 0.29) is 18.5 Å².